The number of rotatable bonds is 7. The molecule has 0 radical (unpaired) electrons. The first-order chi connectivity index (χ1) is 12.1. The van der Waals surface area contributed by atoms with Crippen molar-refractivity contribution < 1.29 is 9.90 Å². The van der Waals surface area contributed by atoms with Gasteiger partial charge >= 0.3 is 0 Å². The summed E-state index contributed by atoms with van der Waals surface area (Å²) in [6, 6.07) is 17.9. The van der Waals surface area contributed by atoms with Gasteiger partial charge in [0.25, 0.3) is 0 Å². The van der Waals surface area contributed by atoms with Crippen LogP contribution < -0.4 is 5.32 Å². The molecule has 0 aromatic heterocycles. The van der Waals surface area contributed by atoms with Crippen LogP contribution in [0.3, 0.4) is 0 Å². The number of hydrogen-bond acceptors (Lipinski definition) is 2. The fraction of sp³-hybridized carbons (Fsp3) is 0.381. The zero-order chi connectivity index (χ0) is 17.6. The Morgan fingerprint density at radius 1 is 1.12 bits per heavy atom. The van der Waals surface area contributed by atoms with Crippen LogP contribution >= 0.6 is 11.6 Å². The van der Waals surface area contributed by atoms with E-state index in [1.165, 1.54) is 5.56 Å². The molecule has 3 rings (SSSR count). The Balaban J connectivity index is 1.57. The predicted octanol–water partition coefficient (Wildman–Crippen LogP) is 3.77. The molecule has 2 aromatic rings. The zero-order valence-electron chi connectivity index (χ0n) is 14.2. The van der Waals surface area contributed by atoms with Gasteiger partial charge in [-0.25, -0.2) is 0 Å². The molecule has 0 heterocycles. The minimum Gasteiger partial charge on any atom is -0.393 e. The van der Waals surface area contributed by atoms with Gasteiger partial charge in [0.2, 0.25) is 5.91 Å². The van der Waals surface area contributed by atoms with Gasteiger partial charge in [0.1, 0.15) is 0 Å². The van der Waals surface area contributed by atoms with Crippen LogP contribution in [-0.4, -0.2) is 23.2 Å². The van der Waals surface area contributed by atoms with Crippen LogP contribution in [0.25, 0.3) is 0 Å². The molecule has 1 atom stereocenters. The van der Waals surface area contributed by atoms with E-state index in [9.17, 15) is 9.90 Å². The van der Waals surface area contributed by atoms with Crippen molar-refractivity contribution in [3.05, 3.63) is 70.7 Å². The topological polar surface area (TPSA) is 49.3 Å². The van der Waals surface area contributed by atoms with Crippen LogP contribution in [0, 0.1) is 5.92 Å². The summed E-state index contributed by atoms with van der Waals surface area (Å²) in [4.78, 5) is 12.4. The Morgan fingerprint density at radius 2 is 1.80 bits per heavy atom. The number of halogens is 1. The number of benzene rings is 2. The molecule has 0 aliphatic heterocycles. The number of amides is 1. The number of aliphatic hydroxyl groups is 1. The molecule has 3 nitrogen and oxygen atoms in total. The average molecular weight is 358 g/mol. The Labute approximate surface area is 154 Å². The van der Waals surface area contributed by atoms with Gasteiger partial charge in [-0.15, -0.1) is 0 Å². The summed E-state index contributed by atoms with van der Waals surface area (Å²) in [6.45, 7) is 0. The SMILES string of the molecule is O=C(CCc1ccccc1Cl)N[C@@H](Cc1ccccc1)C1CC(O)C1. The van der Waals surface area contributed by atoms with Gasteiger partial charge in [-0.05, 0) is 48.8 Å². The van der Waals surface area contributed by atoms with E-state index in [4.69, 9.17) is 11.6 Å². The quantitative estimate of drug-likeness (QED) is 0.792. The molecule has 0 unspecified atom stereocenters. The van der Waals surface area contributed by atoms with Crippen LogP contribution in [0.15, 0.2) is 54.6 Å². The highest BCUT2D eigenvalue weighted by Gasteiger charge is 2.34. The van der Waals surface area contributed by atoms with Crippen molar-refractivity contribution >= 4 is 17.5 Å². The van der Waals surface area contributed by atoms with Gasteiger partial charge in [0, 0.05) is 17.5 Å². The lowest BCUT2D eigenvalue weighted by atomic mass is 9.75. The first-order valence-corrected chi connectivity index (χ1v) is 9.24. The lowest BCUT2D eigenvalue weighted by Crippen LogP contribution is -2.48. The second kappa shape index (κ2) is 8.50. The first-order valence-electron chi connectivity index (χ1n) is 8.86. The Bertz CT molecular complexity index is 698. The molecule has 2 N–H and O–H groups in total. The van der Waals surface area contributed by atoms with E-state index in [1.54, 1.807) is 0 Å². The summed E-state index contributed by atoms with van der Waals surface area (Å²) < 4.78 is 0. The third-order valence-corrected chi connectivity index (χ3v) is 5.31. The smallest absolute Gasteiger partial charge is 0.220 e. The standard InChI is InChI=1S/C21H24ClNO2/c22-19-9-5-4-8-16(19)10-11-21(25)23-20(17-13-18(24)14-17)12-15-6-2-1-3-7-15/h1-9,17-18,20,24H,10-14H2,(H,23,25)/t17?,18?,20-/m0/s1. The van der Waals surface area contributed by atoms with Gasteiger partial charge < -0.3 is 10.4 Å². The normalized spacial score (nSPS) is 20.6. The number of aliphatic hydroxyl groups excluding tert-OH is 1. The first kappa shape index (κ1) is 18.0. The molecular formula is C21H24ClNO2. The maximum absolute atomic E-state index is 12.4. The predicted molar refractivity (Wildman–Crippen MR) is 101 cm³/mol. The highest BCUT2D eigenvalue weighted by atomic mass is 35.5. The van der Waals surface area contributed by atoms with E-state index in [1.807, 2.05) is 42.5 Å². The van der Waals surface area contributed by atoms with Gasteiger partial charge in [-0.3, -0.25) is 4.79 Å². The zero-order valence-corrected chi connectivity index (χ0v) is 15.0. The van der Waals surface area contributed by atoms with Crippen molar-refractivity contribution in [2.45, 2.75) is 44.2 Å². The lowest BCUT2D eigenvalue weighted by molar-refractivity contribution is -0.122. The summed E-state index contributed by atoms with van der Waals surface area (Å²) in [6.07, 6.45) is 3.17. The van der Waals surface area contributed by atoms with Crippen molar-refractivity contribution in [2.24, 2.45) is 5.92 Å². The van der Waals surface area contributed by atoms with Crippen LogP contribution in [0.5, 0.6) is 0 Å². The van der Waals surface area contributed by atoms with Crippen LogP contribution in [0.1, 0.15) is 30.4 Å². The fourth-order valence-electron chi connectivity index (χ4n) is 3.39. The van der Waals surface area contributed by atoms with Gasteiger partial charge in [0.15, 0.2) is 0 Å². The number of carbonyl (C=O) groups is 1. The van der Waals surface area contributed by atoms with Crippen molar-refractivity contribution in [1.82, 2.24) is 5.32 Å². The molecule has 1 fully saturated rings. The summed E-state index contributed by atoms with van der Waals surface area (Å²) in [5.74, 6) is 0.390. The van der Waals surface area contributed by atoms with Gasteiger partial charge in [-0.1, -0.05) is 60.1 Å². The van der Waals surface area contributed by atoms with Crippen LogP contribution in [0.4, 0.5) is 0 Å². The molecule has 132 valence electrons. The number of hydrogen-bond donors (Lipinski definition) is 2. The summed E-state index contributed by atoms with van der Waals surface area (Å²) >= 11 is 6.16. The molecule has 1 amide bonds. The molecular weight excluding hydrogens is 334 g/mol. The maximum Gasteiger partial charge on any atom is 0.220 e. The van der Waals surface area contributed by atoms with Crippen molar-refractivity contribution in [2.75, 3.05) is 0 Å². The molecule has 1 aliphatic rings. The highest BCUT2D eigenvalue weighted by Crippen LogP contribution is 2.31. The van der Waals surface area contributed by atoms with E-state index in [0.717, 1.165) is 24.8 Å². The van der Waals surface area contributed by atoms with E-state index in [0.29, 0.717) is 23.8 Å². The van der Waals surface area contributed by atoms with Crippen LogP contribution in [-0.2, 0) is 17.6 Å². The third kappa shape index (κ3) is 5.07. The summed E-state index contributed by atoms with van der Waals surface area (Å²) in [5, 5.41) is 13.5. The highest BCUT2D eigenvalue weighted by molar-refractivity contribution is 6.31. The fourth-order valence-corrected chi connectivity index (χ4v) is 3.62. The third-order valence-electron chi connectivity index (χ3n) is 4.94. The Hall–Kier alpha value is -1.84. The largest absolute Gasteiger partial charge is 0.393 e. The van der Waals surface area contributed by atoms with E-state index < -0.39 is 0 Å². The molecule has 4 heteroatoms. The number of aryl methyl sites for hydroxylation is 1. The Morgan fingerprint density at radius 3 is 2.48 bits per heavy atom. The van der Waals surface area contributed by atoms with Crippen molar-refractivity contribution in [3.63, 3.8) is 0 Å². The number of carbonyl (C=O) groups excluding carboxylic acids is 1. The second-order valence-corrected chi connectivity index (χ2v) is 7.25. The Kier molecular flexibility index (Phi) is 6.11. The van der Waals surface area contributed by atoms with Crippen molar-refractivity contribution in [1.29, 1.82) is 0 Å². The maximum atomic E-state index is 12.4. The lowest BCUT2D eigenvalue weighted by Gasteiger charge is -2.38. The van der Waals surface area contributed by atoms with Gasteiger partial charge in [-0.2, -0.15) is 0 Å². The summed E-state index contributed by atoms with van der Waals surface area (Å²) in [5.41, 5.74) is 2.21. The molecule has 0 saturated heterocycles. The van der Waals surface area contributed by atoms with E-state index >= 15 is 0 Å². The minimum absolute atomic E-state index is 0.0437. The average Bonchev–Trinajstić information content (AvgIpc) is 2.59. The number of nitrogens with one attached hydrogen (secondary N) is 1. The van der Waals surface area contributed by atoms with Crippen molar-refractivity contribution in [3.8, 4) is 0 Å². The van der Waals surface area contributed by atoms with Crippen LogP contribution in [0.2, 0.25) is 5.02 Å². The molecule has 1 saturated carbocycles. The molecule has 25 heavy (non-hydrogen) atoms. The minimum atomic E-state index is -0.219. The van der Waals surface area contributed by atoms with E-state index in [-0.39, 0.29) is 18.1 Å². The van der Waals surface area contributed by atoms with Gasteiger partial charge in [0.05, 0.1) is 6.10 Å². The molecule has 0 spiro atoms. The summed E-state index contributed by atoms with van der Waals surface area (Å²) in [7, 11) is 0. The molecule has 1 aliphatic carbocycles. The molecule has 0 bridgehead atoms. The molecule has 2 aromatic carbocycles. The second-order valence-electron chi connectivity index (χ2n) is 6.84. The monoisotopic (exact) mass is 357 g/mol. The van der Waals surface area contributed by atoms with E-state index in [2.05, 4.69) is 17.4 Å².